The summed E-state index contributed by atoms with van der Waals surface area (Å²) in [7, 11) is 0. The third kappa shape index (κ3) is 2.98. The largest absolute Gasteiger partial charge is 0.401 e. The summed E-state index contributed by atoms with van der Waals surface area (Å²) in [5, 5.41) is 15.0. The zero-order valence-corrected chi connectivity index (χ0v) is 12.5. The highest BCUT2D eigenvalue weighted by Crippen LogP contribution is 2.27. The molecule has 1 aromatic heterocycles. The van der Waals surface area contributed by atoms with Crippen molar-refractivity contribution in [1.82, 2.24) is 4.98 Å². The lowest BCUT2D eigenvalue weighted by Crippen LogP contribution is -1.97. The molecule has 0 atom stereocenters. The van der Waals surface area contributed by atoms with Crippen LogP contribution in [-0.2, 0) is 0 Å². The smallest absolute Gasteiger partial charge is 0.187 e. The van der Waals surface area contributed by atoms with Crippen LogP contribution in [-0.4, -0.2) is 4.98 Å². The quantitative estimate of drug-likeness (QED) is 0.842. The van der Waals surface area contributed by atoms with E-state index in [9.17, 15) is 0 Å². The highest BCUT2D eigenvalue weighted by atomic mass is 32.1. The minimum Gasteiger partial charge on any atom is -0.401 e. The summed E-state index contributed by atoms with van der Waals surface area (Å²) in [5.41, 5.74) is 10.6. The van der Waals surface area contributed by atoms with Crippen LogP contribution in [0, 0.1) is 25.2 Å². The molecule has 5 heteroatoms. The van der Waals surface area contributed by atoms with Crippen LogP contribution in [0.4, 0.5) is 10.8 Å². The molecule has 2 rings (SSSR count). The molecular weight excluding hydrogens is 268 g/mol. The van der Waals surface area contributed by atoms with E-state index in [-0.39, 0.29) is 0 Å². The van der Waals surface area contributed by atoms with Crippen molar-refractivity contribution in [1.29, 1.82) is 5.26 Å². The number of nitriles is 1. The fourth-order valence-electron chi connectivity index (χ4n) is 1.78. The average molecular weight is 284 g/mol. The number of nitrogens with one attached hydrogen (secondary N) is 1. The van der Waals surface area contributed by atoms with Crippen LogP contribution in [0.15, 0.2) is 29.3 Å². The van der Waals surface area contributed by atoms with Gasteiger partial charge in [0.25, 0.3) is 0 Å². The predicted molar refractivity (Wildman–Crippen MR) is 83.7 cm³/mol. The first kappa shape index (κ1) is 14.1. The molecule has 0 radical (unpaired) electrons. The van der Waals surface area contributed by atoms with E-state index in [1.165, 1.54) is 16.9 Å². The van der Waals surface area contributed by atoms with E-state index < -0.39 is 0 Å². The number of allylic oxidation sites excluding steroid dienone is 2. The monoisotopic (exact) mass is 284 g/mol. The normalized spacial score (nSPS) is 11.7. The van der Waals surface area contributed by atoms with Gasteiger partial charge in [-0.3, -0.25) is 0 Å². The molecule has 20 heavy (non-hydrogen) atoms. The molecule has 0 spiro atoms. The summed E-state index contributed by atoms with van der Waals surface area (Å²) < 4.78 is 0. The van der Waals surface area contributed by atoms with E-state index >= 15 is 0 Å². The molecule has 102 valence electrons. The van der Waals surface area contributed by atoms with Crippen molar-refractivity contribution in [2.45, 2.75) is 20.8 Å². The maximum absolute atomic E-state index is 9.09. The average Bonchev–Trinajstić information content (AvgIpc) is 2.82. The number of hydrogen-bond acceptors (Lipinski definition) is 5. The molecule has 2 aromatic rings. The van der Waals surface area contributed by atoms with Crippen LogP contribution in [0.5, 0.6) is 0 Å². The summed E-state index contributed by atoms with van der Waals surface area (Å²) in [5.74, 6) is 0. The molecule has 0 amide bonds. The lowest BCUT2D eigenvalue weighted by Gasteiger charge is -2.07. The highest BCUT2D eigenvalue weighted by molar-refractivity contribution is 7.13. The van der Waals surface area contributed by atoms with Crippen LogP contribution in [0.25, 0.3) is 5.57 Å². The number of rotatable bonds is 3. The van der Waals surface area contributed by atoms with E-state index in [2.05, 4.69) is 34.6 Å². The minimum atomic E-state index is 0.426. The number of thiazole rings is 1. The zero-order valence-electron chi connectivity index (χ0n) is 11.7. The van der Waals surface area contributed by atoms with Crippen LogP contribution in [0.3, 0.4) is 0 Å². The van der Waals surface area contributed by atoms with E-state index in [0.717, 1.165) is 16.4 Å². The van der Waals surface area contributed by atoms with Gasteiger partial charge in [0.2, 0.25) is 0 Å². The Morgan fingerprint density at radius 3 is 2.80 bits per heavy atom. The van der Waals surface area contributed by atoms with E-state index in [0.29, 0.717) is 17.0 Å². The Morgan fingerprint density at radius 2 is 2.15 bits per heavy atom. The molecule has 1 heterocycles. The van der Waals surface area contributed by atoms with Crippen molar-refractivity contribution < 1.29 is 0 Å². The van der Waals surface area contributed by atoms with Crippen molar-refractivity contribution in [2.75, 3.05) is 5.32 Å². The summed E-state index contributed by atoms with van der Waals surface area (Å²) >= 11 is 1.46. The van der Waals surface area contributed by atoms with E-state index in [1.807, 2.05) is 19.2 Å². The van der Waals surface area contributed by atoms with Gasteiger partial charge in [0, 0.05) is 16.8 Å². The van der Waals surface area contributed by atoms with Crippen molar-refractivity contribution >= 4 is 27.7 Å². The molecule has 0 aliphatic heterocycles. The van der Waals surface area contributed by atoms with Crippen molar-refractivity contribution in [3.05, 3.63) is 46.1 Å². The lowest BCUT2D eigenvalue weighted by molar-refractivity contribution is 1.27. The molecule has 0 aliphatic carbocycles. The molecule has 4 nitrogen and oxygen atoms in total. The molecule has 0 aliphatic rings. The van der Waals surface area contributed by atoms with Gasteiger partial charge in [-0.2, -0.15) is 5.26 Å². The first-order valence-corrected chi connectivity index (χ1v) is 7.06. The van der Waals surface area contributed by atoms with Gasteiger partial charge in [-0.15, -0.1) is 11.3 Å². The van der Waals surface area contributed by atoms with Gasteiger partial charge in [-0.1, -0.05) is 12.1 Å². The van der Waals surface area contributed by atoms with Gasteiger partial charge < -0.3 is 11.1 Å². The number of nitrogens with two attached hydrogens (primary N) is 1. The molecule has 1 aromatic carbocycles. The number of anilines is 2. The molecule has 0 fully saturated rings. The van der Waals surface area contributed by atoms with E-state index in [1.54, 1.807) is 6.92 Å². The first-order chi connectivity index (χ1) is 9.51. The first-order valence-electron chi connectivity index (χ1n) is 6.18. The number of benzene rings is 1. The number of nitrogens with zero attached hydrogens (tertiary/aromatic N) is 2. The number of hydrogen-bond donors (Lipinski definition) is 2. The third-order valence-electron chi connectivity index (χ3n) is 2.90. The van der Waals surface area contributed by atoms with E-state index in [4.69, 9.17) is 11.0 Å². The molecular formula is C15H16N4S. The summed E-state index contributed by atoms with van der Waals surface area (Å²) in [6, 6.07) is 8.30. The molecule has 3 N–H and O–H groups in total. The van der Waals surface area contributed by atoms with Crippen molar-refractivity contribution in [3.8, 4) is 6.07 Å². The van der Waals surface area contributed by atoms with Crippen LogP contribution in [0.2, 0.25) is 0 Å². The molecule has 0 bridgehead atoms. The topological polar surface area (TPSA) is 74.7 Å². The SMILES string of the molecule is C/C(N)=C(/C#N)c1csc(Nc2cc(C)ccc2C)n1. The second-order valence-corrected chi connectivity index (χ2v) is 5.51. The molecule has 0 saturated carbocycles. The lowest BCUT2D eigenvalue weighted by atomic mass is 10.1. The predicted octanol–water partition coefficient (Wildman–Crippen LogP) is 3.72. The van der Waals surface area contributed by atoms with Crippen LogP contribution < -0.4 is 11.1 Å². The van der Waals surface area contributed by atoms with Gasteiger partial charge in [0.1, 0.15) is 6.07 Å². The maximum Gasteiger partial charge on any atom is 0.187 e. The Labute approximate surface area is 122 Å². The Hall–Kier alpha value is -2.32. The zero-order chi connectivity index (χ0) is 14.7. The van der Waals surface area contributed by atoms with Gasteiger partial charge in [-0.05, 0) is 38.0 Å². The fourth-order valence-corrected chi connectivity index (χ4v) is 2.49. The molecule has 0 unspecified atom stereocenters. The number of aryl methyl sites for hydroxylation is 2. The fraction of sp³-hybridized carbons (Fsp3) is 0.200. The number of aromatic nitrogens is 1. The second kappa shape index (κ2) is 5.76. The Kier molecular flexibility index (Phi) is 4.06. The van der Waals surface area contributed by atoms with Crippen LogP contribution in [0.1, 0.15) is 23.7 Å². The highest BCUT2D eigenvalue weighted by Gasteiger charge is 2.09. The Bertz CT molecular complexity index is 703. The Morgan fingerprint density at radius 1 is 1.40 bits per heavy atom. The van der Waals surface area contributed by atoms with Gasteiger partial charge in [0.05, 0.1) is 11.3 Å². The summed E-state index contributed by atoms with van der Waals surface area (Å²) in [4.78, 5) is 4.42. The maximum atomic E-state index is 9.09. The van der Waals surface area contributed by atoms with Gasteiger partial charge in [0.15, 0.2) is 5.13 Å². The summed E-state index contributed by atoms with van der Waals surface area (Å²) in [6.07, 6.45) is 0. The van der Waals surface area contributed by atoms with Crippen LogP contribution >= 0.6 is 11.3 Å². The molecule has 0 saturated heterocycles. The third-order valence-corrected chi connectivity index (χ3v) is 3.66. The van der Waals surface area contributed by atoms with Gasteiger partial charge >= 0.3 is 0 Å². The summed E-state index contributed by atoms with van der Waals surface area (Å²) in [6.45, 7) is 5.79. The van der Waals surface area contributed by atoms with Gasteiger partial charge in [-0.25, -0.2) is 4.98 Å². The standard InChI is InChI=1S/C15H16N4S/c1-9-4-5-10(2)13(6-9)18-15-19-14(8-20-15)12(7-16)11(3)17/h4-6,8H,17H2,1-3H3,(H,18,19)/b12-11+. The Balaban J connectivity index is 2.29. The minimum absolute atomic E-state index is 0.426. The van der Waals surface area contributed by atoms with Crippen molar-refractivity contribution in [3.63, 3.8) is 0 Å². The van der Waals surface area contributed by atoms with Crippen molar-refractivity contribution in [2.24, 2.45) is 5.73 Å². The second-order valence-electron chi connectivity index (χ2n) is 4.65.